The van der Waals surface area contributed by atoms with E-state index < -0.39 is 0 Å². The molecule has 0 radical (unpaired) electrons. The topological polar surface area (TPSA) is 61.9 Å². The average Bonchev–Trinajstić information content (AvgIpc) is 3.23. The highest BCUT2D eigenvalue weighted by atomic mass is 32.2. The van der Waals surface area contributed by atoms with E-state index in [0.29, 0.717) is 17.0 Å². The van der Waals surface area contributed by atoms with Crippen molar-refractivity contribution in [2.45, 2.75) is 43.8 Å². The maximum absolute atomic E-state index is 12.4. The molecule has 0 aliphatic carbocycles. The summed E-state index contributed by atoms with van der Waals surface area (Å²) in [4.78, 5) is 20.0. The Labute approximate surface area is 138 Å². The Morgan fingerprint density at radius 3 is 3.23 bits per heavy atom. The van der Waals surface area contributed by atoms with Crippen LogP contribution in [0.3, 0.4) is 0 Å². The maximum atomic E-state index is 12.4. The van der Waals surface area contributed by atoms with E-state index in [1.807, 2.05) is 22.4 Å². The van der Waals surface area contributed by atoms with Gasteiger partial charge in [0.15, 0.2) is 5.82 Å². The van der Waals surface area contributed by atoms with Crippen molar-refractivity contribution in [2.24, 2.45) is 0 Å². The smallest absolute Gasteiger partial charge is 0.233 e. The Bertz CT molecular complexity index is 611. The molecule has 0 spiro atoms. The van der Waals surface area contributed by atoms with E-state index in [0.717, 1.165) is 36.5 Å². The number of rotatable bonds is 5. The number of H-pyrrole nitrogens is 1. The van der Waals surface area contributed by atoms with Crippen LogP contribution in [0, 0.1) is 0 Å². The molecule has 3 rings (SSSR count). The maximum Gasteiger partial charge on any atom is 0.233 e. The standard InChI is InChI=1S/C15H20N4OS2/c1-2-11-6-3-4-8-19(11)13(20)10-22-15-16-14(17-18-15)12-7-5-9-21-12/h5,7,9,11H,2-4,6,8,10H2,1H3,(H,16,17,18). The van der Waals surface area contributed by atoms with Crippen LogP contribution in [0.1, 0.15) is 32.6 Å². The predicted octanol–water partition coefficient (Wildman–Crippen LogP) is 3.42. The molecule has 1 saturated heterocycles. The van der Waals surface area contributed by atoms with E-state index in [-0.39, 0.29) is 5.91 Å². The van der Waals surface area contributed by atoms with Gasteiger partial charge in [0, 0.05) is 12.6 Å². The predicted molar refractivity (Wildman–Crippen MR) is 90.1 cm³/mol. The molecule has 1 unspecified atom stereocenters. The lowest BCUT2D eigenvalue weighted by Gasteiger charge is -2.35. The second-order valence-corrected chi connectivity index (χ2v) is 7.27. The SMILES string of the molecule is CCC1CCCCN1C(=O)CSc1n[nH]c(-c2cccs2)n1. The number of carbonyl (C=O) groups excluding carboxylic acids is 1. The van der Waals surface area contributed by atoms with Crippen molar-refractivity contribution >= 4 is 29.0 Å². The second-order valence-electron chi connectivity index (χ2n) is 5.38. The summed E-state index contributed by atoms with van der Waals surface area (Å²) in [5.74, 6) is 1.39. The zero-order chi connectivity index (χ0) is 15.4. The van der Waals surface area contributed by atoms with Gasteiger partial charge in [-0.2, -0.15) is 0 Å². The van der Waals surface area contributed by atoms with Crippen molar-refractivity contribution in [1.29, 1.82) is 0 Å². The van der Waals surface area contributed by atoms with Gasteiger partial charge in [-0.25, -0.2) is 4.98 Å². The van der Waals surface area contributed by atoms with Gasteiger partial charge in [-0.05, 0) is 37.1 Å². The first kappa shape index (κ1) is 15.6. The monoisotopic (exact) mass is 336 g/mol. The lowest BCUT2D eigenvalue weighted by Crippen LogP contribution is -2.44. The molecule has 0 bridgehead atoms. The molecule has 118 valence electrons. The van der Waals surface area contributed by atoms with E-state index in [4.69, 9.17) is 0 Å². The van der Waals surface area contributed by atoms with Crippen LogP contribution in [-0.2, 0) is 4.79 Å². The summed E-state index contributed by atoms with van der Waals surface area (Å²) in [5.41, 5.74) is 0. The largest absolute Gasteiger partial charge is 0.339 e. The first-order valence-electron chi connectivity index (χ1n) is 7.66. The van der Waals surface area contributed by atoms with Gasteiger partial charge in [-0.15, -0.1) is 16.4 Å². The van der Waals surface area contributed by atoms with Gasteiger partial charge in [0.05, 0.1) is 10.6 Å². The summed E-state index contributed by atoms with van der Waals surface area (Å²) in [6.45, 7) is 3.05. The molecule has 1 aliphatic heterocycles. The van der Waals surface area contributed by atoms with Crippen LogP contribution in [0.4, 0.5) is 0 Å². The van der Waals surface area contributed by atoms with Gasteiger partial charge in [-0.3, -0.25) is 9.89 Å². The zero-order valence-electron chi connectivity index (χ0n) is 12.6. The minimum atomic E-state index is 0.207. The Kier molecular flexibility index (Phi) is 5.15. The van der Waals surface area contributed by atoms with E-state index in [1.54, 1.807) is 11.3 Å². The van der Waals surface area contributed by atoms with Crippen LogP contribution in [0.2, 0.25) is 0 Å². The number of amides is 1. The van der Waals surface area contributed by atoms with Crippen LogP contribution in [-0.4, -0.2) is 44.3 Å². The fourth-order valence-electron chi connectivity index (χ4n) is 2.80. The molecule has 7 heteroatoms. The minimum Gasteiger partial charge on any atom is -0.339 e. The van der Waals surface area contributed by atoms with Crippen molar-refractivity contribution in [1.82, 2.24) is 20.1 Å². The summed E-state index contributed by atoms with van der Waals surface area (Å²) >= 11 is 3.03. The Morgan fingerprint density at radius 2 is 2.45 bits per heavy atom. The summed E-state index contributed by atoms with van der Waals surface area (Å²) < 4.78 is 0. The molecule has 1 atom stereocenters. The van der Waals surface area contributed by atoms with Crippen molar-refractivity contribution in [2.75, 3.05) is 12.3 Å². The normalized spacial score (nSPS) is 18.6. The van der Waals surface area contributed by atoms with Crippen LogP contribution in [0.15, 0.2) is 22.7 Å². The highest BCUT2D eigenvalue weighted by Crippen LogP contribution is 2.24. The number of hydrogen-bond acceptors (Lipinski definition) is 5. The van der Waals surface area contributed by atoms with Crippen molar-refractivity contribution in [3.63, 3.8) is 0 Å². The summed E-state index contributed by atoms with van der Waals surface area (Å²) in [6, 6.07) is 4.40. The molecule has 22 heavy (non-hydrogen) atoms. The first-order valence-corrected chi connectivity index (χ1v) is 9.53. The van der Waals surface area contributed by atoms with Gasteiger partial charge in [0.25, 0.3) is 0 Å². The van der Waals surface area contributed by atoms with Crippen molar-refractivity contribution in [3.8, 4) is 10.7 Å². The van der Waals surface area contributed by atoms with Gasteiger partial charge in [-0.1, -0.05) is 24.8 Å². The first-order chi connectivity index (χ1) is 10.8. The number of thioether (sulfide) groups is 1. The van der Waals surface area contributed by atoms with Crippen molar-refractivity contribution in [3.05, 3.63) is 17.5 Å². The van der Waals surface area contributed by atoms with Gasteiger partial charge in [0.1, 0.15) is 0 Å². The number of thiophene rings is 1. The summed E-state index contributed by atoms with van der Waals surface area (Å²) in [6.07, 6.45) is 4.53. The molecular weight excluding hydrogens is 316 g/mol. The third-order valence-corrected chi connectivity index (χ3v) is 5.67. The highest BCUT2D eigenvalue weighted by molar-refractivity contribution is 7.99. The summed E-state index contributed by atoms with van der Waals surface area (Å²) in [7, 11) is 0. The number of carbonyl (C=O) groups is 1. The molecule has 1 aliphatic rings. The molecule has 1 N–H and O–H groups in total. The lowest BCUT2D eigenvalue weighted by atomic mass is 10.0. The molecule has 1 fully saturated rings. The number of aromatic nitrogens is 3. The quantitative estimate of drug-likeness (QED) is 0.850. The number of nitrogens with one attached hydrogen (secondary N) is 1. The van der Waals surface area contributed by atoms with Gasteiger partial charge >= 0.3 is 0 Å². The van der Waals surface area contributed by atoms with Crippen LogP contribution >= 0.6 is 23.1 Å². The number of nitrogens with zero attached hydrogens (tertiary/aromatic N) is 3. The minimum absolute atomic E-state index is 0.207. The fraction of sp³-hybridized carbons (Fsp3) is 0.533. The average molecular weight is 336 g/mol. The number of aromatic amines is 1. The zero-order valence-corrected chi connectivity index (χ0v) is 14.3. The lowest BCUT2D eigenvalue weighted by molar-refractivity contribution is -0.132. The van der Waals surface area contributed by atoms with Crippen molar-refractivity contribution < 1.29 is 4.79 Å². The van der Waals surface area contributed by atoms with Crippen LogP contribution in [0.25, 0.3) is 10.7 Å². The third kappa shape index (κ3) is 3.52. The molecule has 5 nitrogen and oxygen atoms in total. The highest BCUT2D eigenvalue weighted by Gasteiger charge is 2.25. The molecular formula is C15H20N4OS2. The molecule has 0 saturated carbocycles. The van der Waals surface area contributed by atoms with E-state index >= 15 is 0 Å². The van der Waals surface area contributed by atoms with Gasteiger partial charge in [0.2, 0.25) is 11.1 Å². The second kappa shape index (κ2) is 7.28. The fourth-order valence-corrected chi connectivity index (χ4v) is 4.15. The number of hydrogen-bond donors (Lipinski definition) is 1. The number of likely N-dealkylation sites (tertiary alicyclic amines) is 1. The Hall–Kier alpha value is -1.34. The number of piperidine rings is 1. The van der Waals surface area contributed by atoms with Gasteiger partial charge < -0.3 is 4.90 Å². The van der Waals surface area contributed by atoms with Crippen LogP contribution in [0.5, 0.6) is 0 Å². The molecule has 2 aromatic rings. The van der Waals surface area contributed by atoms with Crippen LogP contribution < -0.4 is 0 Å². The Morgan fingerprint density at radius 1 is 1.55 bits per heavy atom. The van der Waals surface area contributed by atoms with E-state index in [9.17, 15) is 4.79 Å². The Balaban J connectivity index is 1.57. The molecule has 2 aromatic heterocycles. The molecule has 1 amide bonds. The van der Waals surface area contributed by atoms with E-state index in [2.05, 4.69) is 22.1 Å². The third-order valence-electron chi connectivity index (χ3n) is 3.96. The molecule has 0 aromatic carbocycles. The molecule has 3 heterocycles. The summed E-state index contributed by atoms with van der Waals surface area (Å²) in [5, 5.41) is 9.78. The van der Waals surface area contributed by atoms with E-state index in [1.165, 1.54) is 18.2 Å².